The number of aromatic nitrogens is 2. The van der Waals surface area contributed by atoms with Gasteiger partial charge in [-0.05, 0) is 62.9 Å². The summed E-state index contributed by atoms with van der Waals surface area (Å²) in [6, 6.07) is 6.86. The van der Waals surface area contributed by atoms with Gasteiger partial charge in [-0.2, -0.15) is 0 Å². The van der Waals surface area contributed by atoms with Gasteiger partial charge in [0.25, 0.3) is 0 Å². The summed E-state index contributed by atoms with van der Waals surface area (Å²) in [6.07, 6.45) is 5.83. The Morgan fingerprint density at radius 3 is 2.74 bits per heavy atom. The monoisotopic (exact) mass is 447 g/mol. The van der Waals surface area contributed by atoms with Crippen LogP contribution in [0.2, 0.25) is 5.02 Å². The summed E-state index contributed by atoms with van der Waals surface area (Å²) < 4.78 is 13.4. The Labute approximate surface area is 186 Å². The van der Waals surface area contributed by atoms with E-state index >= 15 is 0 Å². The van der Waals surface area contributed by atoms with Crippen molar-refractivity contribution >= 4 is 34.9 Å². The van der Waals surface area contributed by atoms with Gasteiger partial charge < -0.3 is 15.3 Å². The standard InChI is InChI=1S/C22H27ClFN5O2/c23-18-11-16(2-3-19(18)24)27-20-12-21(26-14-25-20)29-10-7-17(13-29)28-8-5-15(6-9-28)1-4-22(30)31/h2-3,11-12,14-15,17H,1,4-10,13H2,(H,30,31)(H,25,26,27). The van der Waals surface area contributed by atoms with Crippen LogP contribution in [0, 0.1) is 11.7 Å². The molecule has 1 atom stereocenters. The summed E-state index contributed by atoms with van der Waals surface area (Å²) in [5.41, 5.74) is 0.668. The molecule has 2 saturated heterocycles. The maximum Gasteiger partial charge on any atom is 0.303 e. The molecule has 0 amide bonds. The normalized spacial score (nSPS) is 20.2. The summed E-state index contributed by atoms with van der Waals surface area (Å²) in [4.78, 5) is 24.3. The Morgan fingerprint density at radius 2 is 2.00 bits per heavy atom. The summed E-state index contributed by atoms with van der Waals surface area (Å²) in [7, 11) is 0. The molecule has 166 valence electrons. The molecule has 9 heteroatoms. The quantitative estimate of drug-likeness (QED) is 0.659. The first-order valence-electron chi connectivity index (χ1n) is 10.7. The number of anilines is 3. The summed E-state index contributed by atoms with van der Waals surface area (Å²) in [5.74, 6) is 0.875. The zero-order valence-corrected chi connectivity index (χ0v) is 18.1. The minimum atomic E-state index is -0.699. The molecular formula is C22H27ClFN5O2. The lowest BCUT2D eigenvalue weighted by atomic mass is 9.91. The van der Waals surface area contributed by atoms with Crippen LogP contribution in [0.1, 0.15) is 32.1 Å². The summed E-state index contributed by atoms with van der Waals surface area (Å²) in [5, 5.41) is 12.1. The van der Waals surface area contributed by atoms with E-state index in [1.54, 1.807) is 6.07 Å². The third kappa shape index (κ3) is 5.62. The predicted molar refractivity (Wildman–Crippen MR) is 119 cm³/mol. The molecule has 2 aliphatic heterocycles. The lowest BCUT2D eigenvalue weighted by Crippen LogP contribution is -2.43. The number of carbonyl (C=O) groups is 1. The van der Waals surface area contributed by atoms with Crippen LogP contribution in [0.15, 0.2) is 30.6 Å². The van der Waals surface area contributed by atoms with E-state index in [0.29, 0.717) is 23.5 Å². The minimum Gasteiger partial charge on any atom is -0.481 e. The van der Waals surface area contributed by atoms with E-state index in [0.717, 1.165) is 57.7 Å². The molecule has 2 aromatic rings. The van der Waals surface area contributed by atoms with E-state index in [1.165, 1.54) is 18.5 Å². The van der Waals surface area contributed by atoms with E-state index in [9.17, 15) is 9.18 Å². The predicted octanol–water partition coefficient (Wildman–Crippen LogP) is 4.17. The highest BCUT2D eigenvalue weighted by atomic mass is 35.5. The summed E-state index contributed by atoms with van der Waals surface area (Å²) in [6.45, 7) is 3.91. The molecule has 3 heterocycles. The molecule has 1 aromatic heterocycles. The van der Waals surface area contributed by atoms with E-state index in [-0.39, 0.29) is 11.4 Å². The van der Waals surface area contributed by atoms with Crippen molar-refractivity contribution in [1.82, 2.24) is 14.9 Å². The van der Waals surface area contributed by atoms with Crippen LogP contribution < -0.4 is 10.2 Å². The zero-order chi connectivity index (χ0) is 21.8. The highest BCUT2D eigenvalue weighted by Gasteiger charge is 2.31. The van der Waals surface area contributed by atoms with Crippen molar-refractivity contribution in [3.63, 3.8) is 0 Å². The highest BCUT2D eigenvalue weighted by Crippen LogP contribution is 2.29. The van der Waals surface area contributed by atoms with E-state index in [4.69, 9.17) is 16.7 Å². The van der Waals surface area contributed by atoms with Crippen LogP contribution in [-0.4, -0.2) is 58.2 Å². The average molecular weight is 448 g/mol. The van der Waals surface area contributed by atoms with Crippen molar-refractivity contribution < 1.29 is 14.3 Å². The molecule has 0 aliphatic carbocycles. The Kier molecular flexibility index (Phi) is 6.87. The third-order valence-electron chi connectivity index (χ3n) is 6.26. The first kappa shape index (κ1) is 21.8. The molecule has 0 radical (unpaired) electrons. The van der Waals surface area contributed by atoms with Gasteiger partial charge in [-0.15, -0.1) is 0 Å². The SMILES string of the molecule is O=C(O)CCC1CCN(C2CCN(c3cc(Nc4ccc(F)c(Cl)c4)ncn3)C2)CC1. The molecule has 31 heavy (non-hydrogen) atoms. The Bertz CT molecular complexity index is 923. The van der Waals surface area contributed by atoms with Crippen molar-refractivity contribution in [2.24, 2.45) is 5.92 Å². The van der Waals surface area contributed by atoms with Crippen LogP contribution in [0.3, 0.4) is 0 Å². The number of rotatable bonds is 7. The number of likely N-dealkylation sites (tertiary alicyclic amines) is 1. The molecule has 1 aromatic carbocycles. The molecule has 2 aliphatic rings. The second kappa shape index (κ2) is 9.78. The number of carboxylic acids is 1. The molecule has 0 saturated carbocycles. The first-order chi connectivity index (χ1) is 15.0. The topological polar surface area (TPSA) is 81.6 Å². The number of nitrogens with zero attached hydrogens (tertiary/aromatic N) is 4. The molecular weight excluding hydrogens is 421 g/mol. The lowest BCUT2D eigenvalue weighted by Gasteiger charge is -2.36. The van der Waals surface area contributed by atoms with Crippen molar-refractivity contribution in [3.8, 4) is 0 Å². The van der Waals surface area contributed by atoms with Crippen LogP contribution >= 0.6 is 11.6 Å². The number of hydrogen-bond donors (Lipinski definition) is 2. The van der Waals surface area contributed by atoms with Gasteiger partial charge in [0.05, 0.1) is 5.02 Å². The number of hydrogen-bond acceptors (Lipinski definition) is 6. The molecule has 4 rings (SSSR count). The minimum absolute atomic E-state index is 0.0633. The number of halogens is 2. The van der Waals surface area contributed by atoms with Gasteiger partial charge in [0.1, 0.15) is 23.8 Å². The third-order valence-corrected chi connectivity index (χ3v) is 6.55. The van der Waals surface area contributed by atoms with Crippen molar-refractivity contribution in [1.29, 1.82) is 0 Å². The zero-order valence-electron chi connectivity index (χ0n) is 17.3. The second-order valence-electron chi connectivity index (χ2n) is 8.32. The van der Waals surface area contributed by atoms with E-state index in [2.05, 4.69) is 25.1 Å². The van der Waals surface area contributed by atoms with Gasteiger partial charge >= 0.3 is 5.97 Å². The number of aliphatic carboxylic acids is 1. The molecule has 1 unspecified atom stereocenters. The second-order valence-corrected chi connectivity index (χ2v) is 8.72. The molecule has 7 nitrogen and oxygen atoms in total. The first-order valence-corrected chi connectivity index (χ1v) is 11.1. The number of carboxylic acid groups (broad SMARTS) is 1. The fraction of sp³-hybridized carbons (Fsp3) is 0.500. The molecule has 0 spiro atoms. The Morgan fingerprint density at radius 1 is 1.19 bits per heavy atom. The molecule has 2 fully saturated rings. The number of nitrogens with one attached hydrogen (secondary N) is 1. The Hall–Kier alpha value is -2.45. The van der Waals surface area contributed by atoms with Gasteiger partial charge in [0.15, 0.2) is 0 Å². The van der Waals surface area contributed by atoms with Gasteiger partial charge in [-0.1, -0.05) is 11.6 Å². The van der Waals surface area contributed by atoms with Gasteiger partial charge in [-0.3, -0.25) is 9.69 Å². The smallest absolute Gasteiger partial charge is 0.303 e. The highest BCUT2D eigenvalue weighted by molar-refractivity contribution is 6.31. The number of benzene rings is 1. The average Bonchev–Trinajstić information content (AvgIpc) is 3.26. The van der Waals surface area contributed by atoms with E-state index < -0.39 is 11.8 Å². The Balaban J connectivity index is 1.32. The molecule has 2 N–H and O–H groups in total. The maximum absolute atomic E-state index is 13.4. The fourth-order valence-corrected chi connectivity index (χ4v) is 4.67. The molecule has 0 bridgehead atoms. The number of piperidine rings is 1. The van der Waals surface area contributed by atoms with Gasteiger partial charge in [-0.25, -0.2) is 14.4 Å². The lowest BCUT2D eigenvalue weighted by molar-refractivity contribution is -0.137. The maximum atomic E-state index is 13.4. The largest absolute Gasteiger partial charge is 0.481 e. The van der Waals surface area contributed by atoms with E-state index in [1.807, 2.05) is 6.07 Å². The van der Waals surface area contributed by atoms with Crippen LogP contribution in [0.5, 0.6) is 0 Å². The van der Waals surface area contributed by atoms with Crippen LogP contribution in [-0.2, 0) is 4.79 Å². The fourth-order valence-electron chi connectivity index (χ4n) is 4.49. The van der Waals surface area contributed by atoms with Crippen LogP contribution in [0.25, 0.3) is 0 Å². The van der Waals surface area contributed by atoms with Crippen molar-refractivity contribution in [2.75, 3.05) is 36.4 Å². The summed E-state index contributed by atoms with van der Waals surface area (Å²) >= 11 is 5.86. The van der Waals surface area contributed by atoms with Crippen molar-refractivity contribution in [3.05, 3.63) is 41.4 Å². The van der Waals surface area contributed by atoms with Gasteiger partial charge in [0, 0.05) is 37.3 Å². The van der Waals surface area contributed by atoms with Gasteiger partial charge in [0.2, 0.25) is 0 Å². The van der Waals surface area contributed by atoms with Crippen LogP contribution in [0.4, 0.5) is 21.7 Å². The van der Waals surface area contributed by atoms with Crippen molar-refractivity contribution in [2.45, 2.75) is 38.1 Å².